The van der Waals surface area contributed by atoms with E-state index in [1.165, 1.54) is 6.07 Å². The average Bonchev–Trinajstić information content (AvgIpc) is 2.93. The first-order chi connectivity index (χ1) is 12.4. The Hall–Kier alpha value is -2.71. The molecule has 1 atom stereocenters. The summed E-state index contributed by atoms with van der Waals surface area (Å²) >= 11 is 0. The first-order valence-electron chi connectivity index (χ1n) is 7.98. The van der Waals surface area contributed by atoms with Crippen LogP contribution in [0.3, 0.4) is 0 Å². The van der Waals surface area contributed by atoms with Crippen LogP contribution in [0.1, 0.15) is 17.2 Å². The second-order valence-electron chi connectivity index (χ2n) is 5.96. The zero-order valence-corrected chi connectivity index (χ0v) is 14.9. The number of nitrogens with one attached hydrogen (secondary N) is 1. The Kier molecular flexibility index (Phi) is 5.06. The number of hydrogen-bond donors (Lipinski definition) is 1. The molecule has 1 aliphatic rings. The third-order valence-electron chi connectivity index (χ3n) is 4.00. The van der Waals surface area contributed by atoms with Gasteiger partial charge >= 0.3 is 6.09 Å². The van der Waals surface area contributed by atoms with Crippen LogP contribution in [-0.2, 0) is 19.6 Å². The molecule has 0 bridgehead atoms. The Morgan fingerprint density at radius 1 is 1.12 bits per heavy atom. The molecule has 2 amide bonds. The zero-order chi connectivity index (χ0) is 18.7. The van der Waals surface area contributed by atoms with Gasteiger partial charge in [-0.15, -0.1) is 0 Å². The molecule has 2 aromatic rings. The van der Waals surface area contributed by atoms with Crippen LogP contribution in [0.2, 0.25) is 0 Å². The van der Waals surface area contributed by atoms with Gasteiger partial charge < -0.3 is 4.74 Å². The fourth-order valence-corrected chi connectivity index (χ4v) is 3.99. The molecule has 2 aromatic carbocycles. The van der Waals surface area contributed by atoms with Gasteiger partial charge in [0.15, 0.2) is 6.61 Å². The number of nitrogens with zero attached hydrogens (tertiary/aromatic N) is 1. The number of sulfonamides is 1. The summed E-state index contributed by atoms with van der Waals surface area (Å²) in [5.41, 5.74) is 1.44. The monoisotopic (exact) mass is 374 g/mol. The molecule has 3 rings (SSSR count). The van der Waals surface area contributed by atoms with Gasteiger partial charge in [0.2, 0.25) is 10.0 Å². The van der Waals surface area contributed by atoms with Crippen LogP contribution >= 0.6 is 0 Å². The van der Waals surface area contributed by atoms with E-state index >= 15 is 0 Å². The van der Waals surface area contributed by atoms with E-state index in [2.05, 4.69) is 4.72 Å². The average molecular weight is 374 g/mol. The van der Waals surface area contributed by atoms with Crippen molar-refractivity contribution in [3.63, 3.8) is 0 Å². The molecule has 0 spiro atoms. The first-order valence-corrected chi connectivity index (χ1v) is 9.46. The van der Waals surface area contributed by atoms with Gasteiger partial charge in [-0.2, -0.15) is 0 Å². The van der Waals surface area contributed by atoms with Gasteiger partial charge in [-0.25, -0.2) is 22.8 Å². The summed E-state index contributed by atoms with van der Waals surface area (Å²) in [6.45, 7) is 1.32. The number of rotatable bonds is 6. The second kappa shape index (κ2) is 7.27. The Morgan fingerprint density at radius 2 is 1.85 bits per heavy atom. The van der Waals surface area contributed by atoms with E-state index in [1.54, 1.807) is 55.5 Å². The van der Waals surface area contributed by atoms with Crippen molar-refractivity contribution < 1.29 is 22.7 Å². The van der Waals surface area contributed by atoms with Gasteiger partial charge in [0.05, 0.1) is 17.5 Å². The SMILES string of the molecule is Cc1cccc(S(=O)(=O)NC(CN2C(=O)COC2=O)c2ccccc2)c1. The smallest absolute Gasteiger partial charge is 0.417 e. The molecule has 1 unspecified atom stereocenters. The lowest BCUT2D eigenvalue weighted by Crippen LogP contribution is -2.40. The van der Waals surface area contributed by atoms with Crippen molar-refractivity contribution in [2.24, 2.45) is 0 Å². The normalized spacial score (nSPS) is 15.8. The Bertz CT molecular complexity index is 912. The number of amides is 2. The predicted octanol–water partition coefficient (Wildman–Crippen LogP) is 1.99. The third-order valence-corrected chi connectivity index (χ3v) is 5.47. The standard InChI is InChI=1S/C18H18N2O5S/c1-13-6-5-9-15(10-13)26(23,24)19-16(14-7-3-2-4-8-14)11-20-17(21)12-25-18(20)22/h2-10,16,19H,11-12H2,1H3. The van der Waals surface area contributed by atoms with Crippen molar-refractivity contribution in [1.82, 2.24) is 9.62 Å². The zero-order valence-electron chi connectivity index (χ0n) is 14.1. The molecule has 1 aliphatic heterocycles. The number of ether oxygens (including phenoxy) is 1. The van der Waals surface area contributed by atoms with E-state index in [-0.39, 0.29) is 18.0 Å². The molecule has 1 heterocycles. The highest BCUT2D eigenvalue weighted by Gasteiger charge is 2.34. The molecule has 0 aromatic heterocycles. The molecule has 1 fully saturated rings. The quantitative estimate of drug-likeness (QED) is 0.835. The maximum absolute atomic E-state index is 12.8. The number of benzene rings is 2. The van der Waals surface area contributed by atoms with Gasteiger partial charge in [-0.05, 0) is 30.2 Å². The molecule has 8 heteroatoms. The largest absolute Gasteiger partial charge is 0.439 e. The van der Waals surface area contributed by atoms with Crippen LogP contribution in [0.25, 0.3) is 0 Å². The van der Waals surface area contributed by atoms with Crippen LogP contribution in [0.15, 0.2) is 59.5 Å². The van der Waals surface area contributed by atoms with Crippen molar-refractivity contribution in [2.75, 3.05) is 13.2 Å². The first kappa shape index (κ1) is 18.1. The maximum atomic E-state index is 12.8. The van der Waals surface area contributed by atoms with Crippen molar-refractivity contribution in [2.45, 2.75) is 17.9 Å². The predicted molar refractivity (Wildman–Crippen MR) is 93.7 cm³/mol. The van der Waals surface area contributed by atoms with Gasteiger partial charge in [0.1, 0.15) is 0 Å². The minimum absolute atomic E-state index is 0.119. The number of carbonyl (C=O) groups is 2. The fourth-order valence-electron chi connectivity index (χ4n) is 2.67. The Labute approximate surface area is 151 Å². The molecular formula is C18H18N2O5S. The summed E-state index contributed by atoms with van der Waals surface area (Å²) in [4.78, 5) is 24.6. The van der Waals surface area contributed by atoms with Crippen LogP contribution < -0.4 is 4.72 Å². The second-order valence-corrected chi connectivity index (χ2v) is 7.67. The fraction of sp³-hybridized carbons (Fsp3) is 0.222. The minimum atomic E-state index is -3.85. The third kappa shape index (κ3) is 3.92. The van der Waals surface area contributed by atoms with E-state index in [0.29, 0.717) is 5.56 Å². The molecule has 7 nitrogen and oxygen atoms in total. The lowest BCUT2D eigenvalue weighted by Gasteiger charge is -2.22. The molecular weight excluding hydrogens is 356 g/mol. The molecule has 0 aliphatic carbocycles. The van der Waals surface area contributed by atoms with Gasteiger partial charge in [-0.1, -0.05) is 42.5 Å². The lowest BCUT2D eigenvalue weighted by atomic mass is 10.1. The van der Waals surface area contributed by atoms with E-state index in [0.717, 1.165) is 10.5 Å². The number of hydrogen-bond acceptors (Lipinski definition) is 5. The maximum Gasteiger partial charge on any atom is 0.417 e. The van der Waals surface area contributed by atoms with Gasteiger partial charge in [0.25, 0.3) is 5.91 Å². The number of cyclic esters (lactones) is 1. The van der Waals surface area contributed by atoms with Crippen molar-refractivity contribution in [3.8, 4) is 0 Å². The van der Waals surface area contributed by atoms with Crippen LogP contribution in [0.5, 0.6) is 0 Å². The Morgan fingerprint density at radius 3 is 2.46 bits per heavy atom. The Balaban J connectivity index is 1.91. The summed E-state index contributed by atoms with van der Waals surface area (Å²) in [6.07, 6.45) is -0.773. The lowest BCUT2D eigenvalue weighted by molar-refractivity contribution is -0.126. The van der Waals surface area contributed by atoms with Gasteiger partial charge in [0, 0.05) is 0 Å². The molecule has 0 radical (unpaired) electrons. The number of aryl methyl sites for hydroxylation is 1. The molecule has 26 heavy (non-hydrogen) atoms. The minimum Gasteiger partial charge on any atom is -0.439 e. The van der Waals surface area contributed by atoms with E-state index in [1.807, 2.05) is 0 Å². The van der Waals surface area contributed by atoms with Crippen molar-refractivity contribution in [1.29, 1.82) is 0 Å². The van der Waals surface area contributed by atoms with E-state index in [4.69, 9.17) is 4.74 Å². The summed E-state index contributed by atoms with van der Waals surface area (Å²) < 4.78 is 32.8. The summed E-state index contributed by atoms with van der Waals surface area (Å²) in [7, 11) is -3.85. The summed E-state index contributed by atoms with van der Waals surface area (Å²) in [5, 5.41) is 0. The summed E-state index contributed by atoms with van der Waals surface area (Å²) in [5.74, 6) is -0.495. The topological polar surface area (TPSA) is 92.8 Å². The highest BCUT2D eigenvalue weighted by molar-refractivity contribution is 7.89. The molecule has 136 valence electrons. The highest BCUT2D eigenvalue weighted by Crippen LogP contribution is 2.21. The number of imide groups is 1. The molecule has 0 saturated carbocycles. The molecule has 1 saturated heterocycles. The van der Waals surface area contributed by atoms with Crippen molar-refractivity contribution >= 4 is 22.0 Å². The summed E-state index contributed by atoms with van der Waals surface area (Å²) in [6, 6.07) is 14.5. The number of carbonyl (C=O) groups excluding carboxylic acids is 2. The molecule has 1 N–H and O–H groups in total. The highest BCUT2D eigenvalue weighted by atomic mass is 32.2. The van der Waals surface area contributed by atoms with Crippen LogP contribution in [0.4, 0.5) is 4.79 Å². The van der Waals surface area contributed by atoms with E-state index < -0.39 is 28.1 Å². The van der Waals surface area contributed by atoms with Gasteiger partial charge in [-0.3, -0.25) is 4.79 Å². The van der Waals surface area contributed by atoms with E-state index in [9.17, 15) is 18.0 Å². The van der Waals surface area contributed by atoms with Crippen molar-refractivity contribution in [3.05, 3.63) is 65.7 Å². The van der Waals surface area contributed by atoms with Crippen LogP contribution in [-0.4, -0.2) is 38.5 Å². The van der Waals surface area contributed by atoms with Crippen LogP contribution in [0, 0.1) is 6.92 Å².